The number of hydrogen-bond acceptors (Lipinski definition) is 7. The Morgan fingerprint density at radius 2 is 1.08 bits per heavy atom. The highest BCUT2D eigenvalue weighted by atomic mass is 16.5. The van der Waals surface area contributed by atoms with E-state index in [4.69, 9.17) is 14.2 Å². The van der Waals surface area contributed by atoms with Crippen LogP contribution >= 0.6 is 0 Å². The van der Waals surface area contributed by atoms with E-state index in [1.54, 1.807) is 7.11 Å². The van der Waals surface area contributed by atoms with Gasteiger partial charge in [-0.05, 0) is 95.5 Å². The van der Waals surface area contributed by atoms with Crippen LogP contribution in [0.3, 0.4) is 0 Å². The Morgan fingerprint density at radius 3 is 1.63 bits per heavy atom. The summed E-state index contributed by atoms with van der Waals surface area (Å²) in [6.07, 6.45) is 6.11. The van der Waals surface area contributed by atoms with Crippen molar-refractivity contribution in [3.63, 3.8) is 0 Å². The van der Waals surface area contributed by atoms with Crippen LogP contribution in [0.25, 0.3) is 0 Å². The third-order valence-corrected chi connectivity index (χ3v) is 10.1. The highest BCUT2D eigenvalue weighted by molar-refractivity contribution is 5.99. The van der Waals surface area contributed by atoms with Gasteiger partial charge in [-0.1, -0.05) is 70.2 Å². The summed E-state index contributed by atoms with van der Waals surface area (Å²) in [5, 5.41) is 0. The first-order valence-corrected chi connectivity index (χ1v) is 17.7. The molecule has 0 saturated carbocycles. The van der Waals surface area contributed by atoms with E-state index in [0.717, 1.165) is 71.1 Å². The third-order valence-electron chi connectivity index (χ3n) is 10.1. The summed E-state index contributed by atoms with van der Waals surface area (Å²) >= 11 is 0. The van der Waals surface area contributed by atoms with Crippen molar-refractivity contribution in [2.24, 2.45) is 10.8 Å². The van der Waals surface area contributed by atoms with Gasteiger partial charge in [0.2, 0.25) is 0 Å². The van der Waals surface area contributed by atoms with Gasteiger partial charge in [0, 0.05) is 54.4 Å². The Balaban J connectivity index is 1.04. The number of rotatable bonds is 13. The van der Waals surface area contributed by atoms with Gasteiger partial charge in [-0.3, -0.25) is 9.59 Å². The lowest BCUT2D eigenvalue weighted by atomic mass is 9.76. The third kappa shape index (κ3) is 8.72. The average Bonchev–Trinajstić information content (AvgIpc) is 3.14. The number of methoxy groups -OCH3 is 1. The molecule has 0 aliphatic carbocycles. The Bertz CT molecular complexity index is 1870. The fraction of sp³-hybridized carbons (Fsp3) is 0.318. The van der Waals surface area contributed by atoms with E-state index in [0.29, 0.717) is 18.8 Å². The molecule has 2 heterocycles. The van der Waals surface area contributed by atoms with Gasteiger partial charge < -0.3 is 24.0 Å². The van der Waals surface area contributed by atoms with Crippen molar-refractivity contribution in [3.8, 4) is 17.2 Å². The molecule has 6 rings (SSSR count). The zero-order valence-electron chi connectivity index (χ0n) is 30.4. The molecule has 0 N–H and O–H groups in total. The largest absolute Gasteiger partial charge is 0.497 e. The second kappa shape index (κ2) is 15.3. The second-order valence-electron chi connectivity index (χ2n) is 14.7. The lowest BCUT2D eigenvalue weighted by Crippen LogP contribution is -2.36. The number of benzene rings is 4. The smallest absolute Gasteiger partial charge is 0.198 e. The molecule has 2 aliphatic heterocycles. The van der Waals surface area contributed by atoms with E-state index >= 15 is 0 Å². The molecule has 7 heteroatoms. The molecule has 0 aromatic heterocycles. The molecule has 0 fully saturated rings. The number of anilines is 2. The Morgan fingerprint density at radius 1 is 0.588 bits per heavy atom. The number of hydrogen-bond donors (Lipinski definition) is 0. The van der Waals surface area contributed by atoms with E-state index < -0.39 is 0 Å². The molecule has 0 saturated heterocycles. The topological polar surface area (TPSA) is 68.3 Å². The average molecular weight is 685 g/mol. The van der Waals surface area contributed by atoms with Crippen LogP contribution in [0.5, 0.6) is 17.2 Å². The van der Waals surface area contributed by atoms with Crippen LogP contribution in [-0.2, 0) is 22.6 Å². The van der Waals surface area contributed by atoms with Crippen molar-refractivity contribution in [3.05, 3.63) is 138 Å². The van der Waals surface area contributed by atoms with Crippen LogP contribution in [0.1, 0.15) is 51.7 Å². The molecule has 264 valence electrons. The molecule has 0 unspecified atom stereocenters. The molecular formula is C44H48N2O5. The molecule has 4 aromatic rings. The van der Waals surface area contributed by atoms with Crippen LogP contribution < -0.4 is 24.0 Å². The minimum absolute atomic E-state index is 0.00447. The van der Waals surface area contributed by atoms with Gasteiger partial charge in [-0.15, -0.1) is 0 Å². The van der Waals surface area contributed by atoms with E-state index in [9.17, 15) is 9.59 Å². The standard InChI is InChI=1S/C44H48N2O5/c1-43(2)23-25-45(34-15-19-36(49-5)20-16-34)28-39(43)41(47)27-32-11-13-33(14-12-32)30-50-38-21-17-35(18-22-38)46-26-24-44(3,4)40(29-46)42(48)31-51-37-9-7-6-8-10-37/h6-22,28-29H,23-27,30-31H2,1-5H3. The van der Waals surface area contributed by atoms with Gasteiger partial charge in [0.15, 0.2) is 18.2 Å². The number of nitrogens with zero attached hydrogens (tertiary/aromatic N) is 2. The Kier molecular flexibility index (Phi) is 10.7. The highest BCUT2D eigenvalue weighted by Crippen LogP contribution is 2.39. The number of carbonyl (C=O) groups excluding carboxylic acids is 2. The minimum atomic E-state index is -0.234. The van der Waals surface area contributed by atoms with Crippen LogP contribution in [0.15, 0.2) is 127 Å². The summed E-state index contributed by atoms with van der Waals surface area (Å²) in [5.74, 6) is 2.41. The van der Waals surface area contributed by atoms with Crippen LogP contribution in [0.4, 0.5) is 11.4 Å². The number of ether oxygens (including phenoxy) is 3. The SMILES string of the molecule is COc1ccc(N2C=C(C(=O)Cc3ccc(COc4ccc(N5C=C(C(=O)COc6ccccc6)C(C)(C)CC5)cc4)cc3)C(C)(C)CC2)cc1. The first kappa shape index (κ1) is 35.5. The highest BCUT2D eigenvalue weighted by Gasteiger charge is 2.34. The van der Waals surface area contributed by atoms with Crippen LogP contribution in [-0.4, -0.2) is 38.4 Å². The number of carbonyl (C=O) groups is 2. The van der Waals surface area contributed by atoms with Gasteiger partial charge >= 0.3 is 0 Å². The van der Waals surface area contributed by atoms with Gasteiger partial charge in [-0.2, -0.15) is 0 Å². The molecule has 0 amide bonds. The lowest BCUT2D eigenvalue weighted by molar-refractivity contribution is -0.118. The molecule has 0 bridgehead atoms. The summed E-state index contributed by atoms with van der Waals surface area (Å²) in [6, 6.07) is 33.5. The lowest BCUT2D eigenvalue weighted by Gasteiger charge is -2.37. The van der Waals surface area contributed by atoms with Crippen molar-refractivity contribution >= 4 is 22.9 Å². The van der Waals surface area contributed by atoms with Gasteiger partial charge in [0.1, 0.15) is 23.9 Å². The fourth-order valence-electron chi connectivity index (χ4n) is 6.62. The maximum Gasteiger partial charge on any atom is 0.198 e. The normalized spacial score (nSPS) is 16.5. The maximum absolute atomic E-state index is 13.6. The quantitative estimate of drug-likeness (QED) is 0.139. The van der Waals surface area contributed by atoms with Crippen molar-refractivity contribution in [1.29, 1.82) is 0 Å². The predicted molar refractivity (Wildman–Crippen MR) is 204 cm³/mol. The Hall–Kier alpha value is -5.30. The molecule has 51 heavy (non-hydrogen) atoms. The molecular weight excluding hydrogens is 636 g/mol. The second-order valence-corrected chi connectivity index (χ2v) is 14.7. The monoisotopic (exact) mass is 684 g/mol. The summed E-state index contributed by atoms with van der Waals surface area (Å²) in [4.78, 5) is 31.1. The molecule has 0 spiro atoms. The summed E-state index contributed by atoms with van der Waals surface area (Å²) in [6.45, 7) is 10.6. The van der Waals surface area contributed by atoms with E-state index in [1.807, 2.05) is 116 Å². The zero-order valence-corrected chi connectivity index (χ0v) is 30.4. The molecule has 0 radical (unpaired) electrons. The van der Waals surface area contributed by atoms with E-state index in [1.165, 1.54) is 0 Å². The Labute approximate surface area is 302 Å². The maximum atomic E-state index is 13.6. The van der Waals surface area contributed by atoms with Gasteiger partial charge in [0.05, 0.1) is 7.11 Å². The van der Waals surface area contributed by atoms with Gasteiger partial charge in [0.25, 0.3) is 0 Å². The number of allylic oxidation sites excluding steroid dienone is 1. The number of para-hydroxylation sites is 1. The van der Waals surface area contributed by atoms with E-state index in [-0.39, 0.29) is 29.0 Å². The van der Waals surface area contributed by atoms with Crippen LogP contribution in [0.2, 0.25) is 0 Å². The van der Waals surface area contributed by atoms with Gasteiger partial charge in [-0.25, -0.2) is 0 Å². The molecule has 7 nitrogen and oxygen atoms in total. The van der Waals surface area contributed by atoms with Crippen molar-refractivity contribution < 1.29 is 23.8 Å². The van der Waals surface area contributed by atoms with Crippen LogP contribution in [0, 0.1) is 10.8 Å². The summed E-state index contributed by atoms with van der Waals surface area (Å²) in [5.41, 5.74) is 5.26. The summed E-state index contributed by atoms with van der Waals surface area (Å²) in [7, 11) is 1.66. The van der Waals surface area contributed by atoms with Crippen molar-refractivity contribution in [2.75, 3.05) is 36.6 Å². The predicted octanol–water partition coefficient (Wildman–Crippen LogP) is 8.97. The first-order chi connectivity index (χ1) is 24.5. The van der Waals surface area contributed by atoms with E-state index in [2.05, 4.69) is 37.5 Å². The number of Topliss-reactive ketones (excluding diaryl/α,β-unsaturated/α-hetero) is 2. The number of ketones is 2. The molecule has 0 atom stereocenters. The minimum Gasteiger partial charge on any atom is -0.497 e. The molecule has 4 aromatic carbocycles. The summed E-state index contributed by atoms with van der Waals surface area (Å²) < 4.78 is 17.2. The molecule has 2 aliphatic rings. The van der Waals surface area contributed by atoms with Crippen molar-refractivity contribution in [1.82, 2.24) is 0 Å². The first-order valence-electron chi connectivity index (χ1n) is 17.7. The van der Waals surface area contributed by atoms with Crippen molar-refractivity contribution in [2.45, 2.75) is 53.6 Å². The zero-order chi connectivity index (χ0) is 36.0. The fourth-order valence-corrected chi connectivity index (χ4v) is 6.62.